The fourth-order valence-electron chi connectivity index (χ4n) is 3.40. The highest BCUT2D eigenvalue weighted by Gasteiger charge is 2.12. The molecule has 0 radical (unpaired) electrons. The quantitative estimate of drug-likeness (QED) is 0.394. The molecule has 3 aromatic rings. The molecule has 168 valence electrons. The van der Waals surface area contributed by atoms with Crippen LogP contribution in [0.15, 0.2) is 90.5 Å². The molecule has 34 heavy (non-hydrogen) atoms. The third-order valence-corrected chi connectivity index (χ3v) is 5.14. The SMILES string of the molecule is C=CC(=O)Nc1cccc(C(=O)Cc2ccc(NC(=O)c3cccc(C4=CCN=C4)n3)cc2)c1. The van der Waals surface area contributed by atoms with E-state index >= 15 is 0 Å². The zero-order valence-electron chi connectivity index (χ0n) is 18.3. The van der Waals surface area contributed by atoms with Gasteiger partial charge in [0, 0.05) is 35.1 Å². The number of ketones is 1. The molecule has 0 atom stereocenters. The summed E-state index contributed by atoms with van der Waals surface area (Å²) in [6, 6.07) is 19.1. The summed E-state index contributed by atoms with van der Waals surface area (Å²) in [6.07, 6.45) is 5.06. The van der Waals surface area contributed by atoms with Crippen molar-refractivity contribution in [2.75, 3.05) is 17.2 Å². The van der Waals surface area contributed by atoms with E-state index in [1.54, 1.807) is 66.9 Å². The molecule has 0 bridgehead atoms. The highest BCUT2D eigenvalue weighted by molar-refractivity contribution is 6.11. The molecule has 1 aliphatic rings. The van der Waals surface area contributed by atoms with Crippen LogP contribution in [0.2, 0.25) is 0 Å². The van der Waals surface area contributed by atoms with E-state index in [4.69, 9.17) is 0 Å². The van der Waals surface area contributed by atoms with Gasteiger partial charge in [0.25, 0.3) is 5.91 Å². The van der Waals surface area contributed by atoms with Crippen molar-refractivity contribution in [3.63, 3.8) is 0 Å². The maximum Gasteiger partial charge on any atom is 0.274 e. The summed E-state index contributed by atoms with van der Waals surface area (Å²) in [6.45, 7) is 4.04. The number of allylic oxidation sites excluding steroid dienone is 1. The summed E-state index contributed by atoms with van der Waals surface area (Å²) in [5.74, 6) is -0.745. The van der Waals surface area contributed by atoms with E-state index < -0.39 is 0 Å². The van der Waals surface area contributed by atoms with Crippen molar-refractivity contribution in [1.82, 2.24) is 4.98 Å². The smallest absolute Gasteiger partial charge is 0.274 e. The van der Waals surface area contributed by atoms with Crippen LogP contribution in [-0.2, 0) is 11.2 Å². The topological polar surface area (TPSA) is 101 Å². The van der Waals surface area contributed by atoms with E-state index in [0.29, 0.717) is 34.9 Å². The van der Waals surface area contributed by atoms with Crippen LogP contribution in [0.3, 0.4) is 0 Å². The van der Waals surface area contributed by atoms with Crippen molar-refractivity contribution in [3.8, 4) is 0 Å². The lowest BCUT2D eigenvalue weighted by atomic mass is 10.0. The predicted octanol–water partition coefficient (Wildman–Crippen LogP) is 4.35. The van der Waals surface area contributed by atoms with Gasteiger partial charge in [-0.05, 0) is 48.0 Å². The first-order valence-corrected chi connectivity index (χ1v) is 10.7. The van der Waals surface area contributed by atoms with Crippen LogP contribution in [0.5, 0.6) is 0 Å². The highest BCUT2D eigenvalue weighted by Crippen LogP contribution is 2.17. The summed E-state index contributed by atoms with van der Waals surface area (Å²) in [4.78, 5) is 45.4. The van der Waals surface area contributed by atoms with Gasteiger partial charge in [-0.2, -0.15) is 0 Å². The third-order valence-electron chi connectivity index (χ3n) is 5.14. The number of anilines is 2. The molecule has 1 aliphatic heterocycles. The number of aromatic nitrogens is 1. The minimum Gasteiger partial charge on any atom is -0.323 e. The predicted molar refractivity (Wildman–Crippen MR) is 133 cm³/mol. The summed E-state index contributed by atoms with van der Waals surface area (Å²) in [5, 5.41) is 5.48. The third kappa shape index (κ3) is 5.58. The van der Waals surface area contributed by atoms with Gasteiger partial charge in [0.05, 0.1) is 12.2 Å². The van der Waals surface area contributed by atoms with Crippen molar-refractivity contribution < 1.29 is 14.4 Å². The molecule has 0 fully saturated rings. The van der Waals surface area contributed by atoms with E-state index in [9.17, 15) is 14.4 Å². The van der Waals surface area contributed by atoms with Crippen molar-refractivity contribution >= 4 is 40.8 Å². The Labute approximate surface area is 197 Å². The van der Waals surface area contributed by atoms with Gasteiger partial charge in [-0.15, -0.1) is 0 Å². The van der Waals surface area contributed by atoms with Crippen molar-refractivity contribution in [2.45, 2.75) is 6.42 Å². The van der Waals surface area contributed by atoms with E-state index in [1.807, 2.05) is 12.1 Å². The number of rotatable bonds is 8. The van der Waals surface area contributed by atoms with Gasteiger partial charge in [-0.1, -0.05) is 43.0 Å². The molecule has 1 aromatic heterocycles. The molecule has 2 heterocycles. The number of Topliss-reactive ketones (excluding diaryl/α,β-unsaturated/α-hetero) is 1. The first-order chi connectivity index (χ1) is 16.5. The van der Waals surface area contributed by atoms with Crippen molar-refractivity contribution in [3.05, 3.63) is 108 Å². The van der Waals surface area contributed by atoms with Gasteiger partial charge in [-0.3, -0.25) is 19.4 Å². The van der Waals surface area contributed by atoms with Crippen LogP contribution >= 0.6 is 0 Å². The zero-order valence-corrected chi connectivity index (χ0v) is 18.3. The lowest BCUT2D eigenvalue weighted by Crippen LogP contribution is -2.14. The molecule has 0 aliphatic carbocycles. The Morgan fingerprint density at radius 1 is 0.941 bits per heavy atom. The Kier molecular flexibility index (Phi) is 6.84. The van der Waals surface area contributed by atoms with Crippen molar-refractivity contribution in [1.29, 1.82) is 0 Å². The number of nitrogens with one attached hydrogen (secondary N) is 2. The van der Waals surface area contributed by atoms with Gasteiger partial charge in [0.15, 0.2) is 5.78 Å². The molecule has 0 saturated carbocycles. The number of pyridine rings is 1. The Bertz CT molecular complexity index is 1320. The second-order valence-corrected chi connectivity index (χ2v) is 7.59. The largest absolute Gasteiger partial charge is 0.323 e. The molecule has 0 saturated heterocycles. The van der Waals surface area contributed by atoms with Gasteiger partial charge in [-0.25, -0.2) is 4.98 Å². The molecule has 4 rings (SSSR count). The Balaban J connectivity index is 1.38. The van der Waals surface area contributed by atoms with E-state index in [-0.39, 0.29) is 24.0 Å². The number of carbonyl (C=O) groups excluding carboxylic acids is 3. The van der Waals surface area contributed by atoms with E-state index in [1.165, 1.54) is 6.08 Å². The molecular weight excluding hydrogens is 428 g/mol. The fraction of sp³-hybridized carbons (Fsp3) is 0.0741. The fourth-order valence-corrected chi connectivity index (χ4v) is 3.40. The second kappa shape index (κ2) is 10.3. The van der Waals surface area contributed by atoms with Crippen LogP contribution in [0, 0.1) is 0 Å². The van der Waals surface area contributed by atoms with Crippen LogP contribution in [-0.4, -0.2) is 35.3 Å². The number of amides is 2. The Morgan fingerprint density at radius 3 is 2.47 bits per heavy atom. The maximum atomic E-state index is 12.7. The lowest BCUT2D eigenvalue weighted by Gasteiger charge is -2.08. The average molecular weight is 450 g/mol. The summed E-state index contributed by atoms with van der Waals surface area (Å²) < 4.78 is 0. The second-order valence-electron chi connectivity index (χ2n) is 7.59. The van der Waals surface area contributed by atoms with Crippen LogP contribution < -0.4 is 10.6 Å². The minimum atomic E-state index is -0.339. The number of benzene rings is 2. The number of hydrogen-bond acceptors (Lipinski definition) is 5. The maximum absolute atomic E-state index is 12.7. The monoisotopic (exact) mass is 450 g/mol. The van der Waals surface area contributed by atoms with Crippen LogP contribution in [0.1, 0.15) is 32.1 Å². The summed E-state index contributed by atoms with van der Waals surface area (Å²) in [7, 11) is 0. The first-order valence-electron chi connectivity index (χ1n) is 10.7. The highest BCUT2D eigenvalue weighted by atomic mass is 16.2. The first kappa shape index (κ1) is 22.5. The zero-order chi connectivity index (χ0) is 23.9. The minimum absolute atomic E-state index is 0.0859. The normalized spacial score (nSPS) is 12.1. The molecule has 0 unspecified atom stereocenters. The molecule has 2 aromatic carbocycles. The Morgan fingerprint density at radius 2 is 1.74 bits per heavy atom. The number of carbonyl (C=O) groups is 3. The van der Waals surface area contributed by atoms with E-state index in [0.717, 1.165) is 11.1 Å². The van der Waals surface area contributed by atoms with Gasteiger partial charge in [0.2, 0.25) is 5.91 Å². The molecule has 2 amide bonds. The van der Waals surface area contributed by atoms with Crippen molar-refractivity contribution in [2.24, 2.45) is 4.99 Å². The molecule has 2 N–H and O–H groups in total. The summed E-state index contributed by atoms with van der Waals surface area (Å²) in [5.41, 5.74) is 4.34. The molecule has 0 spiro atoms. The van der Waals surface area contributed by atoms with Crippen LogP contribution in [0.4, 0.5) is 11.4 Å². The standard InChI is InChI=1S/C27H22N4O3/c1-2-26(33)29-22-6-3-5-19(16-22)25(32)15-18-9-11-21(12-10-18)30-27(34)24-8-4-7-23(31-24)20-13-14-28-17-20/h2-13,16-17H,1,14-15H2,(H,29,33)(H,30,34). The van der Waals surface area contributed by atoms with Gasteiger partial charge < -0.3 is 10.6 Å². The van der Waals surface area contributed by atoms with Gasteiger partial charge >= 0.3 is 0 Å². The van der Waals surface area contributed by atoms with Crippen LogP contribution in [0.25, 0.3) is 5.57 Å². The number of aliphatic imine (C=N–C) groups is 1. The molecule has 7 heteroatoms. The van der Waals surface area contributed by atoms with Gasteiger partial charge in [0.1, 0.15) is 5.69 Å². The lowest BCUT2D eigenvalue weighted by molar-refractivity contribution is -0.111. The average Bonchev–Trinajstić information content (AvgIpc) is 3.40. The molecular formula is C27H22N4O3. The van der Waals surface area contributed by atoms with E-state index in [2.05, 4.69) is 27.2 Å². The Hall–Kier alpha value is -4.65. The number of nitrogens with zero attached hydrogens (tertiary/aromatic N) is 2. The number of hydrogen-bond donors (Lipinski definition) is 2. The molecule has 7 nitrogen and oxygen atoms in total. The summed E-state index contributed by atoms with van der Waals surface area (Å²) >= 11 is 0.